The van der Waals surface area contributed by atoms with Gasteiger partial charge in [-0.1, -0.05) is 51.1 Å². The Labute approximate surface area is 225 Å². The average molecular weight is 517 g/mol. The van der Waals surface area contributed by atoms with E-state index in [1.165, 1.54) is 11.6 Å². The van der Waals surface area contributed by atoms with Crippen molar-refractivity contribution >= 4 is 11.5 Å². The molecule has 3 aromatic carbocycles. The lowest BCUT2D eigenvalue weighted by atomic mass is 9.79. The average Bonchev–Trinajstić information content (AvgIpc) is 3.25. The molecule has 1 N–H and O–H groups in total. The van der Waals surface area contributed by atoms with E-state index in [0.29, 0.717) is 17.9 Å². The van der Waals surface area contributed by atoms with Gasteiger partial charge in [0.2, 0.25) is 0 Å². The van der Waals surface area contributed by atoms with Gasteiger partial charge >= 0.3 is 5.97 Å². The Bertz CT molecular complexity index is 1360. The SMILES string of the molecule is CCC(CC(=O)O)c1ccc(C)c(OCc2ccc(-c3cc(OC)ccc3F)c(C3=CCCC3(C)C)c2)c1. The van der Waals surface area contributed by atoms with Crippen LogP contribution in [0.1, 0.15) is 74.6 Å². The molecule has 200 valence electrons. The summed E-state index contributed by atoms with van der Waals surface area (Å²) in [5.41, 5.74) is 6.51. The van der Waals surface area contributed by atoms with E-state index in [0.717, 1.165) is 52.8 Å². The molecular weight excluding hydrogens is 479 g/mol. The lowest BCUT2D eigenvalue weighted by Gasteiger charge is -2.25. The number of aliphatic carboxylic acids is 1. The third kappa shape index (κ3) is 5.93. The number of methoxy groups -OCH3 is 1. The van der Waals surface area contributed by atoms with Crippen molar-refractivity contribution in [1.29, 1.82) is 0 Å². The third-order valence-corrected chi connectivity index (χ3v) is 7.68. The summed E-state index contributed by atoms with van der Waals surface area (Å²) >= 11 is 0. The normalized spacial score (nSPS) is 15.2. The van der Waals surface area contributed by atoms with Gasteiger partial charge in [0, 0.05) is 5.56 Å². The molecule has 0 aromatic heterocycles. The first-order valence-corrected chi connectivity index (χ1v) is 13.3. The first kappa shape index (κ1) is 27.4. The van der Waals surface area contributed by atoms with Crippen LogP contribution < -0.4 is 9.47 Å². The van der Waals surface area contributed by atoms with Crippen LogP contribution in [0.15, 0.2) is 60.7 Å². The fourth-order valence-corrected chi connectivity index (χ4v) is 5.34. The van der Waals surface area contributed by atoms with Crippen LogP contribution >= 0.6 is 0 Å². The highest BCUT2D eigenvalue weighted by molar-refractivity contribution is 5.85. The van der Waals surface area contributed by atoms with Crippen molar-refractivity contribution in [1.82, 2.24) is 0 Å². The Hall–Kier alpha value is -3.60. The highest BCUT2D eigenvalue weighted by Gasteiger charge is 2.30. The molecule has 0 spiro atoms. The van der Waals surface area contributed by atoms with E-state index < -0.39 is 5.97 Å². The van der Waals surface area contributed by atoms with E-state index in [-0.39, 0.29) is 23.6 Å². The van der Waals surface area contributed by atoms with Crippen LogP contribution in [0.2, 0.25) is 0 Å². The van der Waals surface area contributed by atoms with Crippen LogP contribution in [0.3, 0.4) is 0 Å². The molecule has 1 aliphatic carbocycles. The van der Waals surface area contributed by atoms with E-state index in [4.69, 9.17) is 9.47 Å². The summed E-state index contributed by atoms with van der Waals surface area (Å²) in [5, 5.41) is 9.29. The maximum absolute atomic E-state index is 15.0. The molecule has 1 aliphatic rings. The highest BCUT2D eigenvalue weighted by atomic mass is 19.1. The van der Waals surface area contributed by atoms with Crippen molar-refractivity contribution in [2.24, 2.45) is 5.41 Å². The molecule has 0 saturated carbocycles. The molecule has 0 fully saturated rings. The Morgan fingerprint density at radius 2 is 1.84 bits per heavy atom. The van der Waals surface area contributed by atoms with Gasteiger partial charge in [0.15, 0.2) is 0 Å². The molecule has 0 saturated heterocycles. The molecular formula is C33H37FO4. The van der Waals surface area contributed by atoms with Crippen molar-refractivity contribution in [3.8, 4) is 22.6 Å². The van der Waals surface area contributed by atoms with Gasteiger partial charge in [-0.3, -0.25) is 4.79 Å². The van der Waals surface area contributed by atoms with E-state index in [1.54, 1.807) is 19.2 Å². The van der Waals surface area contributed by atoms with E-state index in [9.17, 15) is 9.90 Å². The quantitative estimate of drug-likeness (QED) is 0.293. The smallest absolute Gasteiger partial charge is 0.303 e. The van der Waals surface area contributed by atoms with Gasteiger partial charge in [-0.25, -0.2) is 4.39 Å². The maximum Gasteiger partial charge on any atom is 0.303 e. The van der Waals surface area contributed by atoms with Gasteiger partial charge in [0.05, 0.1) is 13.5 Å². The number of hydrogen-bond donors (Lipinski definition) is 1. The summed E-state index contributed by atoms with van der Waals surface area (Å²) in [6, 6.07) is 16.9. The zero-order chi connectivity index (χ0) is 27.4. The Morgan fingerprint density at radius 3 is 2.50 bits per heavy atom. The summed E-state index contributed by atoms with van der Waals surface area (Å²) in [4.78, 5) is 11.3. The Morgan fingerprint density at radius 1 is 1.05 bits per heavy atom. The van der Waals surface area contributed by atoms with Gasteiger partial charge in [0.25, 0.3) is 0 Å². The molecule has 0 aliphatic heterocycles. The molecule has 0 radical (unpaired) electrons. The van der Waals surface area contributed by atoms with Crippen molar-refractivity contribution in [2.45, 2.75) is 65.9 Å². The van der Waals surface area contributed by atoms with Crippen LogP contribution in [-0.2, 0) is 11.4 Å². The summed E-state index contributed by atoms with van der Waals surface area (Å²) in [6.45, 7) is 8.81. The zero-order valence-electron chi connectivity index (χ0n) is 22.9. The predicted molar refractivity (Wildman–Crippen MR) is 150 cm³/mol. The number of hydrogen-bond acceptors (Lipinski definition) is 3. The molecule has 1 atom stereocenters. The molecule has 0 bridgehead atoms. The Balaban J connectivity index is 1.68. The standard InChI is InChI=1S/C33H37FO4/c1-6-23(18-32(35)36)24-11-9-21(2)31(17-24)38-20-22-10-13-26(28-19-25(37-5)12-14-30(28)34)27(16-22)29-8-7-15-33(29,3)4/h8-14,16-17,19,23H,6-7,15,18,20H2,1-5H3,(H,35,36). The number of rotatable bonds is 10. The minimum absolute atomic E-state index is 0.0200. The minimum atomic E-state index is -0.802. The molecule has 3 aromatic rings. The number of allylic oxidation sites excluding steroid dienone is 2. The van der Waals surface area contributed by atoms with Gasteiger partial charge in [-0.15, -0.1) is 0 Å². The molecule has 4 nitrogen and oxygen atoms in total. The number of carboxylic acids is 1. The topological polar surface area (TPSA) is 55.8 Å². The fraction of sp³-hybridized carbons (Fsp3) is 0.364. The van der Waals surface area contributed by atoms with E-state index in [1.807, 2.05) is 44.2 Å². The van der Waals surface area contributed by atoms with Crippen molar-refractivity contribution in [3.63, 3.8) is 0 Å². The van der Waals surface area contributed by atoms with Gasteiger partial charge in [-0.05, 0) is 101 Å². The lowest BCUT2D eigenvalue weighted by Crippen LogP contribution is -2.10. The number of carbonyl (C=O) groups is 1. The second-order valence-corrected chi connectivity index (χ2v) is 10.8. The van der Waals surface area contributed by atoms with Crippen LogP contribution in [0.4, 0.5) is 4.39 Å². The van der Waals surface area contributed by atoms with Crippen molar-refractivity contribution in [2.75, 3.05) is 7.11 Å². The van der Waals surface area contributed by atoms with Gasteiger partial charge in [-0.2, -0.15) is 0 Å². The zero-order valence-corrected chi connectivity index (χ0v) is 22.9. The highest BCUT2D eigenvalue weighted by Crippen LogP contribution is 2.47. The van der Waals surface area contributed by atoms with Crippen LogP contribution in [0, 0.1) is 18.2 Å². The molecule has 0 heterocycles. The number of benzene rings is 3. The van der Waals surface area contributed by atoms with Crippen molar-refractivity contribution < 1.29 is 23.8 Å². The first-order valence-electron chi connectivity index (χ1n) is 13.3. The molecule has 5 heteroatoms. The summed E-state index contributed by atoms with van der Waals surface area (Å²) in [5.74, 6) is 0.214. The monoisotopic (exact) mass is 516 g/mol. The molecule has 1 unspecified atom stereocenters. The molecule has 38 heavy (non-hydrogen) atoms. The first-order chi connectivity index (χ1) is 18.1. The van der Waals surface area contributed by atoms with E-state index in [2.05, 4.69) is 26.0 Å². The van der Waals surface area contributed by atoms with Crippen LogP contribution in [-0.4, -0.2) is 18.2 Å². The van der Waals surface area contributed by atoms with Crippen LogP contribution in [0.5, 0.6) is 11.5 Å². The number of halogens is 1. The van der Waals surface area contributed by atoms with Gasteiger partial charge < -0.3 is 14.6 Å². The number of aryl methyl sites for hydroxylation is 1. The minimum Gasteiger partial charge on any atom is -0.497 e. The largest absolute Gasteiger partial charge is 0.497 e. The fourth-order valence-electron chi connectivity index (χ4n) is 5.34. The molecule has 0 amide bonds. The summed E-state index contributed by atoms with van der Waals surface area (Å²) in [7, 11) is 1.59. The number of ether oxygens (including phenoxy) is 2. The summed E-state index contributed by atoms with van der Waals surface area (Å²) in [6.07, 6.45) is 5.14. The number of carboxylic acid groups (broad SMARTS) is 1. The predicted octanol–water partition coefficient (Wildman–Crippen LogP) is 8.56. The van der Waals surface area contributed by atoms with Crippen LogP contribution in [0.25, 0.3) is 16.7 Å². The second-order valence-electron chi connectivity index (χ2n) is 10.8. The maximum atomic E-state index is 15.0. The summed E-state index contributed by atoms with van der Waals surface area (Å²) < 4.78 is 26.7. The van der Waals surface area contributed by atoms with E-state index >= 15 is 4.39 Å². The lowest BCUT2D eigenvalue weighted by molar-refractivity contribution is -0.137. The van der Waals surface area contributed by atoms with Crippen molar-refractivity contribution in [3.05, 3.63) is 88.7 Å². The Kier molecular flexibility index (Phi) is 8.25. The third-order valence-electron chi connectivity index (χ3n) is 7.68. The second kappa shape index (κ2) is 11.4. The molecule has 4 rings (SSSR count). The van der Waals surface area contributed by atoms with Gasteiger partial charge in [0.1, 0.15) is 23.9 Å².